The minimum absolute atomic E-state index is 0.0357. The summed E-state index contributed by atoms with van der Waals surface area (Å²) < 4.78 is 0. The van der Waals surface area contributed by atoms with Crippen molar-refractivity contribution < 1.29 is 0 Å². The Balaban J connectivity index is 1.25. The fourth-order valence-corrected chi connectivity index (χ4v) is 14.7. The lowest BCUT2D eigenvalue weighted by Gasteiger charge is -2.44. The number of allylic oxidation sites excluding steroid dienone is 13. The van der Waals surface area contributed by atoms with Crippen LogP contribution >= 0.6 is 0 Å². The number of rotatable bonds is 3. The van der Waals surface area contributed by atoms with Gasteiger partial charge in [0.15, 0.2) is 0 Å². The van der Waals surface area contributed by atoms with Crippen LogP contribution in [0.4, 0.5) is 0 Å². The third-order valence-corrected chi connectivity index (χ3v) is 19.3. The Morgan fingerprint density at radius 2 is 1.12 bits per heavy atom. The van der Waals surface area contributed by atoms with Gasteiger partial charge in [-0.25, -0.2) is 0 Å². The van der Waals surface area contributed by atoms with E-state index in [1.54, 1.807) is 16.7 Å². The van der Waals surface area contributed by atoms with Crippen molar-refractivity contribution in [2.75, 3.05) is 0 Å². The number of aryl methyl sites for hydroxylation is 1. The predicted molar refractivity (Wildman–Crippen MR) is 330 cm³/mol. The third kappa shape index (κ3) is 8.18. The molecular formula is C76H88. The summed E-state index contributed by atoms with van der Waals surface area (Å²) in [7, 11) is 0. The van der Waals surface area contributed by atoms with Crippen LogP contribution in [-0.2, 0) is 28.1 Å². The van der Waals surface area contributed by atoms with E-state index in [0.717, 1.165) is 32.1 Å². The largest absolute Gasteiger partial charge is 0.0836 e. The Kier molecular flexibility index (Phi) is 11.5. The second-order valence-electron chi connectivity index (χ2n) is 30.8. The van der Waals surface area contributed by atoms with Crippen LogP contribution in [0.5, 0.6) is 0 Å². The highest BCUT2D eigenvalue weighted by Gasteiger charge is 2.44. The van der Waals surface area contributed by atoms with Crippen molar-refractivity contribution in [1.29, 1.82) is 0 Å². The average Bonchev–Trinajstić information content (AvgIpc) is 3.89. The molecule has 76 heavy (non-hydrogen) atoms. The van der Waals surface area contributed by atoms with Crippen LogP contribution in [0.1, 0.15) is 218 Å². The average molecular weight is 1000 g/mol. The van der Waals surface area contributed by atoms with Gasteiger partial charge in [0.05, 0.1) is 0 Å². The summed E-state index contributed by atoms with van der Waals surface area (Å²) in [4.78, 5) is 0. The molecule has 0 aliphatic heterocycles. The van der Waals surface area contributed by atoms with Crippen LogP contribution in [0.25, 0.3) is 60.9 Å². The van der Waals surface area contributed by atoms with Gasteiger partial charge in [-0.15, -0.1) is 0 Å². The van der Waals surface area contributed by atoms with E-state index < -0.39 is 0 Å². The first kappa shape index (κ1) is 51.3. The lowest BCUT2D eigenvalue weighted by Crippen LogP contribution is -2.33. The van der Waals surface area contributed by atoms with Crippen molar-refractivity contribution in [3.8, 4) is 33.4 Å². The fourth-order valence-electron chi connectivity index (χ4n) is 14.7. The summed E-state index contributed by atoms with van der Waals surface area (Å²) >= 11 is 0. The second kappa shape index (κ2) is 17.0. The smallest absolute Gasteiger partial charge is 0.00955 e. The van der Waals surface area contributed by atoms with E-state index >= 15 is 0 Å². The van der Waals surface area contributed by atoms with Crippen molar-refractivity contribution >= 4 is 27.5 Å². The van der Waals surface area contributed by atoms with E-state index in [-0.39, 0.29) is 32.5 Å². The van der Waals surface area contributed by atoms with Crippen molar-refractivity contribution in [2.24, 2.45) is 28.6 Å². The highest BCUT2D eigenvalue weighted by Crippen LogP contribution is 2.64. The number of hydrogen-bond donors (Lipinski definition) is 0. The molecule has 0 N–H and O–H groups in total. The fraction of sp³-hybridized carbons (Fsp3) is 0.447. The molecule has 0 radical (unpaired) electrons. The first-order valence-corrected chi connectivity index (χ1v) is 29.6. The van der Waals surface area contributed by atoms with E-state index in [0.29, 0.717) is 23.7 Å². The van der Waals surface area contributed by atoms with Crippen molar-refractivity contribution in [2.45, 2.75) is 191 Å². The molecule has 0 amide bonds. The number of benzene rings is 5. The first-order chi connectivity index (χ1) is 35.5. The third-order valence-electron chi connectivity index (χ3n) is 19.3. The molecule has 7 aliphatic carbocycles. The minimum Gasteiger partial charge on any atom is -0.0836 e. The van der Waals surface area contributed by atoms with Gasteiger partial charge < -0.3 is 0 Å². The Bertz CT molecular complexity index is 3500. The predicted octanol–water partition coefficient (Wildman–Crippen LogP) is 21.5. The summed E-state index contributed by atoms with van der Waals surface area (Å²) in [5, 5.41) is 2.91. The molecule has 0 spiro atoms. The summed E-state index contributed by atoms with van der Waals surface area (Å²) in [6, 6.07) is 25.8. The molecule has 5 aromatic carbocycles. The van der Waals surface area contributed by atoms with Crippen LogP contribution in [0.15, 0.2) is 126 Å². The Hall–Kier alpha value is -5.46. The van der Waals surface area contributed by atoms with Crippen molar-refractivity contribution in [3.63, 3.8) is 0 Å². The molecule has 0 nitrogen and oxygen atoms in total. The molecule has 12 rings (SSSR count). The normalized spacial score (nSPS) is 21.9. The van der Waals surface area contributed by atoms with Crippen LogP contribution in [0.3, 0.4) is 0 Å². The summed E-state index contributed by atoms with van der Waals surface area (Å²) in [5.41, 5.74) is 32.4. The molecule has 0 heteroatoms. The molecule has 0 saturated heterocycles. The zero-order valence-electron chi connectivity index (χ0n) is 49.9. The van der Waals surface area contributed by atoms with Crippen molar-refractivity contribution in [3.05, 3.63) is 182 Å². The molecule has 0 heterocycles. The monoisotopic (exact) mass is 1000 g/mol. The van der Waals surface area contributed by atoms with Crippen LogP contribution < -0.4 is 0 Å². The minimum atomic E-state index is -0.0381. The van der Waals surface area contributed by atoms with E-state index in [1.807, 2.05) is 0 Å². The van der Waals surface area contributed by atoms with E-state index in [4.69, 9.17) is 0 Å². The van der Waals surface area contributed by atoms with Gasteiger partial charge in [0.25, 0.3) is 0 Å². The molecule has 392 valence electrons. The first-order valence-electron chi connectivity index (χ1n) is 29.6. The Morgan fingerprint density at radius 1 is 0.500 bits per heavy atom. The van der Waals surface area contributed by atoms with Gasteiger partial charge in [-0.05, 0) is 217 Å². The highest BCUT2D eigenvalue weighted by molar-refractivity contribution is 6.24. The Morgan fingerprint density at radius 3 is 1.71 bits per heavy atom. The lowest BCUT2D eigenvalue weighted by atomic mass is 9.60. The molecule has 7 aliphatic rings. The molecule has 4 unspecified atom stereocenters. The van der Waals surface area contributed by atoms with Crippen molar-refractivity contribution in [1.82, 2.24) is 0 Å². The van der Waals surface area contributed by atoms with Crippen LogP contribution in [-0.4, -0.2) is 0 Å². The SMILES string of the molecule is CC(C)(C)C1=CC2C(C3CC=C4c5c(cccc53)-c3c4c(-c4cc(C(C)(C)C)cc(C(C)(C)C)c4)c4c5c6c(cc4c3-c3cc(C(C)(C)C)cc(C(C)(C)C)c3)C3=C(CCC=C3)C6=CCC5)=CC(C(C)(C)C)CC2C=C1. The van der Waals surface area contributed by atoms with E-state index in [2.05, 4.69) is 234 Å². The van der Waals surface area contributed by atoms with Gasteiger partial charge in [0.2, 0.25) is 0 Å². The maximum Gasteiger partial charge on any atom is 0.00955 e. The maximum absolute atomic E-state index is 2.80. The molecule has 4 atom stereocenters. The van der Waals surface area contributed by atoms with Gasteiger partial charge in [0.1, 0.15) is 0 Å². The topological polar surface area (TPSA) is 0 Å². The zero-order chi connectivity index (χ0) is 54.1. The molecule has 0 bridgehead atoms. The highest BCUT2D eigenvalue weighted by atomic mass is 14.5. The summed E-state index contributed by atoms with van der Waals surface area (Å²) in [6.45, 7) is 43.6. The van der Waals surface area contributed by atoms with Gasteiger partial charge in [0, 0.05) is 11.8 Å². The quantitative estimate of drug-likeness (QED) is 0.155. The van der Waals surface area contributed by atoms with Gasteiger partial charge in [-0.1, -0.05) is 233 Å². The van der Waals surface area contributed by atoms with Gasteiger partial charge in [-0.3, -0.25) is 0 Å². The molecule has 0 aromatic heterocycles. The van der Waals surface area contributed by atoms with Crippen LogP contribution in [0, 0.1) is 28.6 Å². The lowest BCUT2D eigenvalue weighted by molar-refractivity contribution is 0.224. The molecule has 0 fully saturated rings. The molecule has 5 aromatic rings. The standard InChI is InChI=1S/C76H88/c1-71(2,3)46-30-29-43-33-51(76(16,17)18)41-61(60(43)40-46)54-31-32-59-66-56(54)26-22-28-58(66)69-64(44-34-47(72(4,5)6)38-48(35-44)73(7,8)9)63-42-62-53-24-20-19-23-52(53)55-25-21-27-57(67(55)62)68(63)65(70(59)69)45-36-49(74(10,11)12)39-50(37-45)75(13,14)15/h20,22,24-26,28-30,32,34-43,51,54,60H,19,21,23,27,31,33H2,1-18H3. The Labute approximate surface area is 459 Å². The molecule has 0 saturated carbocycles. The van der Waals surface area contributed by atoms with Gasteiger partial charge in [-0.2, -0.15) is 0 Å². The number of hydrogen-bond acceptors (Lipinski definition) is 0. The number of fused-ring (bicyclic) bond motifs is 8. The zero-order valence-corrected chi connectivity index (χ0v) is 49.9. The van der Waals surface area contributed by atoms with Crippen LogP contribution in [0.2, 0.25) is 0 Å². The summed E-state index contributed by atoms with van der Waals surface area (Å²) in [5.74, 6) is 1.70. The van der Waals surface area contributed by atoms with E-state index in [9.17, 15) is 0 Å². The maximum atomic E-state index is 2.80. The molecular weight excluding hydrogens is 913 g/mol. The van der Waals surface area contributed by atoms with Gasteiger partial charge >= 0.3 is 0 Å². The van der Waals surface area contributed by atoms with E-state index in [1.165, 1.54) is 123 Å². The summed E-state index contributed by atoms with van der Waals surface area (Å²) in [6.07, 6.45) is 27.4. The second-order valence-corrected chi connectivity index (χ2v) is 30.8.